The molecule has 0 saturated heterocycles. The number of halogens is 1. The molecule has 5 nitrogen and oxygen atoms in total. The lowest BCUT2D eigenvalue weighted by Gasteiger charge is -2.19. The van der Waals surface area contributed by atoms with E-state index in [0.29, 0.717) is 11.5 Å². The molecule has 2 aromatic heterocycles. The number of hydrogen-bond donors (Lipinski definition) is 0. The van der Waals surface area contributed by atoms with Gasteiger partial charge in [-0.05, 0) is 30.2 Å². The van der Waals surface area contributed by atoms with Crippen LogP contribution in [0, 0.1) is 5.82 Å². The van der Waals surface area contributed by atoms with E-state index in [-0.39, 0.29) is 5.82 Å². The molecule has 0 aliphatic carbocycles. The van der Waals surface area contributed by atoms with Crippen molar-refractivity contribution in [1.29, 1.82) is 0 Å². The molecular weight excluding hydrogens is 257 g/mol. The van der Waals surface area contributed by atoms with Crippen LogP contribution in [0.4, 0.5) is 4.39 Å². The van der Waals surface area contributed by atoms with Gasteiger partial charge in [-0.15, -0.1) is 10.2 Å². The number of rotatable bonds is 1. The van der Waals surface area contributed by atoms with Crippen molar-refractivity contribution in [2.75, 3.05) is 0 Å². The molecule has 4 rings (SSSR count). The Morgan fingerprint density at radius 3 is 2.90 bits per heavy atom. The molecule has 1 aliphatic rings. The Morgan fingerprint density at radius 1 is 1.10 bits per heavy atom. The topological polar surface area (TPSA) is 56.5 Å². The quantitative estimate of drug-likeness (QED) is 0.676. The van der Waals surface area contributed by atoms with E-state index < -0.39 is 0 Å². The second-order valence-electron chi connectivity index (χ2n) is 4.64. The van der Waals surface area contributed by atoms with Gasteiger partial charge in [-0.3, -0.25) is 9.55 Å². The fourth-order valence-corrected chi connectivity index (χ4v) is 2.53. The second kappa shape index (κ2) is 4.19. The minimum absolute atomic E-state index is 0.221. The number of aryl methyl sites for hydroxylation is 2. The second-order valence-corrected chi connectivity index (χ2v) is 4.64. The summed E-state index contributed by atoms with van der Waals surface area (Å²) in [5.41, 5.74) is 2.53. The van der Waals surface area contributed by atoms with Crippen LogP contribution < -0.4 is 0 Å². The van der Waals surface area contributed by atoms with Gasteiger partial charge >= 0.3 is 0 Å². The molecule has 6 heteroatoms. The Morgan fingerprint density at radius 2 is 2.05 bits per heavy atom. The van der Waals surface area contributed by atoms with Crippen LogP contribution in [0.5, 0.6) is 0 Å². The van der Waals surface area contributed by atoms with Crippen LogP contribution in [0.3, 0.4) is 0 Å². The lowest BCUT2D eigenvalue weighted by atomic mass is 10.0. The van der Waals surface area contributed by atoms with Gasteiger partial charge in [0.2, 0.25) is 0 Å². The highest BCUT2D eigenvalue weighted by atomic mass is 19.1. The summed E-state index contributed by atoms with van der Waals surface area (Å²) < 4.78 is 15.3. The van der Waals surface area contributed by atoms with Gasteiger partial charge in [-0.1, -0.05) is 0 Å². The molecule has 0 saturated carbocycles. The van der Waals surface area contributed by atoms with Gasteiger partial charge in [0.25, 0.3) is 0 Å². The first kappa shape index (κ1) is 11.2. The normalized spacial score (nSPS) is 12.8. The minimum Gasteiger partial charge on any atom is -0.277 e. The van der Waals surface area contributed by atoms with Gasteiger partial charge in [0.05, 0.1) is 11.9 Å². The Kier molecular flexibility index (Phi) is 2.35. The van der Waals surface area contributed by atoms with Crippen LogP contribution in [0.1, 0.15) is 11.4 Å². The smallest absolute Gasteiger partial charge is 0.188 e. The summed E-state index contributed by atoms with van der Waals surface area (Å²) in [4.78, 5) is 8.32. The predicted octanol–water partition coefficient (Wildman–Crippen LogP) is 1.96. The van der Waals surface area contributed by atoms with E-state index in [9.17, 15) is 4.39 Å². The maximum absolute atomic E-state index is 13.4. The summed E-state index contributed by atoms with van der Waals surface area (Å²) in [5.74, 6) is 1.28. The van der Waals surface area contributed by atoms with Crippen LogP contribution >= 0.6 is 0 Å². The largest absolute Gasteiger partial charge is 0.277 e. The lowest BCUT2D eigenvalue weighted by Crippen LogP contribution is -2.13. The molecule has 0 radical (unpaired) electrons. The Labute approximate surface area is 114 Å². The van der Waals surface area contributed by atoms with E-state index in [2.05, 4.69) is 20.2 Å². The summed E-state index contributed by atoms with van der Waals surface area (Å²) in [6.07, 6.45) is 6.39. The van der Waals surface area contributed by atoms with Gasteiger partial charge in [-0.25, -0.2) is 9.37 Å². The summed E-state index contributed by atoms with van der Waals surface area (Å²) in [5, 5.41) is 8.41. The average Bonchev–Trinajstić information content (AvgIpc) is 2.92. The van der Waals surface area contributed by atoms with Gasteiger partial charge in [0, 0.05) is 18.8 Å². The summed E-state index contributed by atoms with van der Waals surface area (Å²) in [6.45, 7) is 0. The zero-order valence-electron chi connectivity index (χ0n) is 10.5. The molecule has 0 N–H and O–H groups in total. The number of benzene rings is 1. The van der Waals surface area contributed by atoms with Crippen molar-refractivity contribution in [3.8, 4) is 17.2 Å². The lowest BCUT2D eigenvalue weighted by molar-refractivity contribution is 0.622. The first-order valence-electron chi connectivity index (χ1n) is 6.32. The molecule has 3 heterocycles. The molecule has 1 aliphatic heterocycles. The minimum atomic E-state index is -0.221. The molecule has 0 amide bonds. The van der Waals surface area contributed by atoms with Crippen molar-refractivity contribution >= 4 is 0 Å². The van der Waals surface area contributed by atoms with Gasteiger partial charge in [0.15, 0.2) is 5.82 Å². The van der Waals surface area contributed by atoms with Crippen molar-refractivity contribution in [3.63, 3.8) is 0 Å². The van der Waals surface area contributed by atoms with Crippen molar-refractivity contribution in [2.24, 2.45) is 0 Å². The molecule has 0 bridgehead atoms. The molecule has 0 fully saturated rings. The molecular formula is C14H10FN5. The van der Waals surface area contributed by atoms with Crippen molar-refractivity contribution in [2.45, 2.75) is 12.8 Å². The first-order chi connectivity index (χ1) is 9.83. The number of aromatic nitrogens is 5. The average molecular weight is 267 g/mol. The summed E-state index contributed by atoms with van der Waals surface area (Å²) >= 11 is 0. The van der Waals surface area contributed by atoms with Crippen molar-refractivity contribution < 1.29 is 4.39 Å². The van der Waals surface area contributed by atoms with Crippen LogP contribution in [0.15, 0.2) is 36.8 Å². The molecule has 0 atom stereocenters. The Bertz CT molecular complexity index is 782. The van der Waals surface area contributed by atoms with Crippen molar-refractivity contribution in [1.82, 2.24) is 24.7 Å². The molecule has 1 aromatic carbocycles. The zero-order chi connectivity index (χ0) is 13.5. The van der Waals surface area contributed by atoms with Crippen LogP contribution in [-0.4, -0.2) is 24.7 Å². The third kappa shape index (κ3) is 1.61. The standard InChI is InChI=1S/C14H10FN5/c15-10-2-3-12-9(7-10)1-4-13-18-19-14(20(12)13)11-8-16-5-6-17-11/h2-3,5-8H,1,4H2. The molecule has 20 heavy (non-hydrogen) atoms. The van der Waals surface area contributed by atoms with Gasteiger partial charge in [0.1, 0.15) is 17.3 Å². The number of hydrogen-bond acceptors (Lipinski definition) is 4. The predicted molar refractivity (Wildman–Crippen MR) is 69.8 cm³/mol. The Hall–Kier alpha value is -2.63. The fraction of sp³-hybridized carbons (Fsp3) is 0.143. The number of nitrogens with zero attached hydrogens (tertiary/aromatic N) is 5. The highest BCUT2D eigenvalue weighted by Gasteiger charge is 2.22. The molecule has 98 valence electrons. The van der Waals surface area contributed by atoms with Crippen LogP contribution in [0.2, 0.25) is 0 Å². The van der Waals surface area contributed by atoms with E-state index in [1.807, 2.05) is 4.57 Å². The number of fused-ring (bicyclic) bond motifs is 3. The molecule has 0 spiro atoms. The van der Waals surface area contributed by atoms with Gasteiger partial charge < -0.3 is 0 Å². The third-order valence-corrected chi connectivity index (χ3v) is 3.42. The van der Waals surface area contributed by atoms with E-state index in [0.717, 1.165) is 29.9 Å². The third-order valence-electron chi connectivity index (χ3n) is 3.42. The van der Waals surface area contributed by atoms with Gasteiger partial charge in [-0.2, -0.15) is 0 Å². The van der Waals surface area contributed by atoms with E-state index in [4.69, 9.17) is 0 Å². The maximum Gasteiger partial charge on any atom is 0.188 e. The van der Waals surface area contributed by atoms with Crippen LogP contribution in [-0.2, 0) is 12.8 Å². The highest BCUT2D eigenvalue weighted by molar-refractivity contribution is 5.56. The maximum atomic E-state index is 13.4. The van der Waals surface area contributed by atoms with Crippen LogP contribution in [0.25, 0.3) is 17.2 Å². The monoisotopic (exact) mass is 267 g/mol. The molecule has 0 unspecified atom stereocenters. The van der Waals surface area contributed by atoms with E-state index in [1.165, 1.54) is 6.07 Å². The van der Waals surface area contributed by atoms with E-state index >= 15 is 0 Å². The fourth-order valence-electron chi connectivity index (χ4n) is 2.53. The SMILES string of the molecule is Fc1ccc2c(c1)CCc1nnc(-c3cnccn3)n1-2. The summed E-state index contributed by atoms with van der Waals surface area (Å²) in [7, 11) is 0. The van der Waals surface area contributed by atoms with Crippen molar-refractivity contribution in [3.05, 3.63) is 54.0 Å². The summed E-state index contributed by atoms with van der Waals surface area (Å²) in [6, 6.07) is 4.78. The molecule has 3 aromatic rings. The van der Waals surface area contributed by atoms with E-state index in [1.54, 1.807) is 30.7 Å². The first-order valence-corrected chi connectivity index (χ1v) is 6.32. The highest BCUT2D eigenvalue weighted by Crippen LogP contribution is 2.28. The Balaban J connectivity index is 1.96. The zero-order valence-corrected chi connectivity index (χ0v) is 10.5.